The maximum atomic E-state index is 12.9. The molecule has 0 spiro atoms. The van der Waals surface area contributed by atoms with Crippen molar-refractivity contribution in [3.63, 3.8) is 0 Å². The Hall–Kier alpha value is -1.49. The third-order valence-electron chi connectivity index (χ3n) is 2.42. The zero-order valence-corrected chi connectivity index (χ0v) is 9.71. The first kappa shape index (κ1) is 13.6. The molecule has 94 valence electrons. The number of amides is 1. The van der Waals surface area contributed by atoms with Crippen molar-refractivity contribution in [2.75, 3.05) is 6.54 Å². The molecule has 0 aliphatic heterocycles. The van der Waals surface area contributed by atoms with E-state index in [1.807, 2.05) is 13.8 Å². The van der Waals surface area contributed by atoms with Crippen molar-refractivity contribution < 1.29 is 18.7 Å². The molecule has 1 amide bonds. The topological polar surface area (TPSA) is 49.3 Å². The Morgan fingerprint density at radius 2 is 2.00 bits per heavy atom. The summed E-state index contributed by atoms with van der Waals surface area (Å²) in [6.07, 6.45) is -0.663. The lowest BCUT2D eigenvalue weighted by atomic mass is 10.1. The number of nitrogens with one attached hydrogen (secondary N) is 1. The molecule has 1 aromatic rings. The predicted molar refractivity (Wildman–Crippen MR) is 59.5 cm³/mol. The molecule has 2 N–H and O–H groups in total. The summed E-state index contributed by atoms with van der Waals surface area (Å²) in [6, 6.07) is 2.91. The summed E-state index contributed by atoms with van der Waals surface area (Å²) in [5.41, 5.74) is 0.0276. The zero-order chi connectivity index (χ0) is 13.0. The molecular weight excluding hydrogens is 228 g/mol. The summed E-state index contributed by atoms with van der Waals surface area (Å²) >= 11 is 0. The number of carbonyl (C=O) groups is 1. The maximum Gasteiger partial charge on any atom is 0.251 e. The summed E-state index contributed by atoms with van der Waals surface area (Å²) in [5, 5.41) is 11.9. The number of benzene rings is 1. The predicted octanol–water partition coefficient (Wildman–Crippen LogP) is 1.71. The second kappa shape index (κ2) is 5.72. The molecule has 17 heavy (non-hydrogen) atoms. The first-order valence-electron chi connectivity index (χ1n) is 5.33. The lowest BCUT2D eigenvalue weighted by Crippen LogP contribution is -2.34. The highest BCUT2D eigenvalue weighted by Gasteiger charge is 2.13. The van der Waals surface area contributed by atoms with E-state index in [-0.39, 0.29) is 18.0 Å². The summed E-state index contributed by atoms with van der Waals surface area (Å²) in [6.45, 7) is 3.71. The van der Waals surface area contributed by atoms with Crippen molar-refractivity contribution in [1.82, 2.24) is 5.32 Å². The number of aliphatic hydroxyl groups is 1. The van der Waals surface area contributed by atoms with Gasteiger partial charge < -0.3 is 10.4 Å². The van der Waals surface area contributed by atoms with Crippen LogP contribution in [0.15, 0.2) is 18.2 Å². The third-order valence-corrected chi connectivity index (χ3v) is 2.42. The molecular formula is C12H15F2NO2. The Kier molecular flexibility index (Phi) is 4.57. The van der Waals surface area contributed by atoms with E-state index in [9.17, 15) is 18.7 Å². The smallest absolute Gasteiger partial charge is 0.251 e. The molecule has 0 aliphatic carbocycles. The zero-order valence-electron chi connectivity index (χ0n) is 9.71. The van der Waals surface area contributed by atoms with Gasteiger partial charge in [-0.25, -0.2) is 8.78 Å². The van der Waals surface area contributed by atoms with Crippen LogP contribution < -0.4 is 5.32 Å². The van der Waals surface area contributed by atoms with Crippen molar-refractivity contribution in [3.05, 3.63) is 35.4 Å². The van der Waals surface area contributed by atoms with Crippen LogP contribution in [0.2, 0.25) is 0 Å². The van der Waals surface area contributed by atoms with E-state index in [0.717, 1.165) is 12.1 Å². The fourth-order valence-electron chi connectivity index (χ4n) is 1.17. The van der Waals surface area contributed by atoms with Gasteiger partial charge in [0, 0.05) is 12.1 Å². The van der Waals surface area contributed by atoms with Crippen LogP contribution in [0.3, 0.4) is 0 Å². The van der Waals surface area contributed by atoms with Crippen LogP contribution in [0.5, 0.6) is 0 Å². The van der Waals surface area contributed by atoms with Gasteiger partial charge in [0.25, 0.3) is 5.91 Å². The first-order chi connectivity index (χ1) is 7.91. The normalized spacial score (nSPS) is 12.6. The van der Waals surface area contributed by atoms with Gasteiger partial charge in [0.2, 0.25) is 0 Å². The van der Waals surface area contributed by atoms with Crippen LogP contribution in [0.1, 0.15) is 24.2 Å². The highest BCUT2D eigenvalue weighted by atomic mass is 19.2. The fourth-order valence-corrected chi connectivity index (χ4v) is 1.17. The summed E-state index contributed by atoms with van der Waals surface area (Å²) < 4.78 is 25.5. The number of hydrogen-bond acceptors (Lipinski definition) is 2. The van der Waals surface area contributed by atoms with Gasteiger partial charge in [-0.15, -0.1) is 0 Å². The van der Waals surface area contributed by atoms with Gasteiger partial charge in [-0.2, -0.15) is 0 Å². The Bertz CT molecular complexity index is 407. The molecule has 0 saturated heterocycles. The monoisotopic (exact) mass is 243 g/mol. The van der Waals surface area contributed by atoms with Crippen molar-refractivity contribution in [1.29, 1.82) is 0 Å². The van der Waals surface area contributed by atoms with E-state index in [4.69, 9.17) is 0 Å². The van der Waals surface area contributed by atoms with Crippen molar-refractivity contribution in [2.24, 2.45) is 5.92 Å². The van der Waals surface area contributed by atoms with E-state index in [2.05, 4.69) is 5.32 Å². The van der Waals surface area contributed by atoms with Crippen molar-refractivity contribution in [2.45, 2.75) is 20.0 Å². The molecule has 5 heteroatoms. The number of carbonyl (C=O) groups excluding carboxylic acids is 1. The molecule has 0 bridgehead atoms. The number of aliphatic hydroxyl groups excluding tert-OH is 1. The van der Waals surface area contributed by atoms with E-state index in [1.54, 1.807) is 0 Å². The molecule has 0 saturated carbocycles. The second-order valence-electron chi connectivity index (χ2n) is 4.15. The summed E-state index contributed by atoms with van der Waals surface area (Å²) in [5.74, 6) is -2.59. The van der Waals surface area contributed by atoms with Crippen LogP contribution in [0, 0.1) is 17.6 Å². The molecule has 1 rings (SSSR count). The molecule has 3 nitrogen and oxygen atoms in total. The molecule has 0 aromatic heterocycles. The molecule has 1 unspecified atom stereocenters. The number of halogens is 2. The van der Waals surface area contributed by atoms with E-state index < -0.39 is 23.6 Å². The van der Waals surface area contributed by atoms with Crippen LogP contribution in [-0.4, -0.2) is 23.7 Å². The van der Waals surface area contributed by atoms with Crippen LogP contribution >= 0.6 is 0 Å². The van der Waals surface area contributed by atoms with Gasteiger partial charge in [-0.1, -0.05) is 13.8 Å². The molecule has 0 aliphatic rings. The van der Waals surface area contributed by atoms with Crippen LogP contribution in [0.25, 0.3) is 0 Å². The van der Waals surface area contributed by atoms with E-state index in [0.29, 0.717) is 0 Å². The van der Waals surface area contributed by atoms with E-state index >= 15 is 0 Å². The lowest BCUT2D eigenvalue weighted by molar-refractivity contribution is 0.0871. The second-order valence-corrected chi connectivity index (χ2v) is 4.15. The van der Waals surface area contributed by atoms with Crippen LogP contribution in [-0.2, 0) is 0 Å². The SMILES string of the molecule is CC(C)C(O)CNC(=O)c1ccc(F)c(F)c1. The average molecular weight is 243 g/mol. The first-order valence-corrected chi connectivity index (χ1v) is 5.33. The third kappa shape index (κ3) is 3.78. The molecule has 0 fully saturated rings. The minimum absolute atomic E-state index is 0.0141. The summed E-state index contributed by atoms with van der Waals surface area (Å²) in [4.78, 5) is 11.5. The standard InChI is InChI=1S/C12H15F2NO2/c1-7(2)11(16)6-15-12(17)8-3-4-9(13)10(14)5-8/h3-5,7,11,16H,6H2,1-2H3,(H,15,17). The van der Waals surface area contributed by atoms with Gasteiger partial charge in [0.05, 0.1) is 6.10 Å². The Morgan fingerprint density at radius 1 is 1.35 bits per heavy atom. The maximum absolute atomic E-state index is 12.9. The Balaban J connectivity index is 2.61. The number of rotatable bonds is 4. The number of hydrogen-bond donors (Lipinski definition) is 2. The van der Waals surface area contributed by atoms with E-state index in [1.165, 1.54) is 6.07 Å². The van der Waals surface area contributed by atoms with Crippen molar-refractivity contribution in [3.8, 4) is 0 Å². The minimum atomic E-state index is -1.07. The van der Waals surface area contributed by atoms with Gasteiger partial charge in [0.1, 0.15) is 0 Å². The fraction of sp³-hybridized carbons (Fsp3) is 0.417. The molecule has 0 heterocycles. The van der Waals surface area contributed by atoms with Gasteiger partial charge in [-0.3, -0.25) is 4.79 Å². The lowest BCUT2D eigenvalue weighted by Gasteiger charge is -2.15. The minimum Gasteiger partial charge on any atom is -0.391 e. The highest BCUT2D eigenvalue weighted by Crippen LogP contribution is 2.08. The van der Waals surface area contributed by atoms with Crippen LogP contribution in [0.4, 0.5) is 8.78 Å². The molecule has 1 atom stereocenters. The van der Waals surface area contributed by atoms with Gasteiger partial charge in [0.15, 0.2) is 11.6 Å². The quantitative estimate of drug-likeness (QED) is 0.845. The average Bonchev–Trinajstić information content (AvgIpc) is 2.28. The molecule has 0 radical (unpaired) electrons. The van der Waals surface area contributed by atoms with Crippen molar-refractivity contribution >= 4 is 5.91 Å². The highest BCUT2D eigenvalue weighted by molar-refractivity contribution is 5.94. The summed E-state index contributed by atoms with van der Waals surface area (Å²) in [7, 11) is 0. The Morgan fingerprint density at radius 3 is 2.53 bits per heavy atom. The Labute approximate surface area is 98.5 Å². The molecule has 1 aromatic carbocycles. The van der Waals surface area contributed by atoms with Gasteiger partial charge >= 0.3 is 0 Å². The van der Waals surface area contributed by atoms with Gasteiger partial charge in [-0.05, 0) is 24.1 Å². The largest absolute Gasteiger partial charge is 0.391 e.